The quantitative estimate of drug-likeness (QED) is 0.780. The predicted molar refractivity (Wildman–Crippen MR) is 71.9 cm³/mol. The number of nitrogens with two attached hydrogens (primary N) is 1. The Kier molecular flexibility index (Phi) is 4.63. The van der Waals surface area contributed by atoms with Crippen LogP contribution in [-0.2, 0) is 24.8 Å². The van der Waals surface area contributed by atoms with Gasteiger partial charge in [-0.1, -0.05) is 0 Å². The van der Waals surface area contributed by atoms with Crippen molar-refractivity contribution in [2.24, 2.45) is 5.14 Å². The van der Waals surface area contributed by atoms with E-state index in [9.17, 15) is 21.2 Å². The van der Waals surface area contributed by atoms with Crippen LogP contribution in [0.5, 0.6) is 0 Å². The molecule has 1 heterocycles. The van der Waals surface area contributed by atoms with Gasteiger partial charge in [0, 0.05) is 13.2 Å². The van der Waals surface area contributed by atoms with Gasteiger partial charge >= 0.3 is 0 Å². The zero-order valence-corrected chi connectivity index (χ0v) is 12.6. The Morgan fingerprint density at radius 3 is 2.57 bits per heavy atom. The number of halogens is 1. The number of ether oxygens (including phenoxy) is 1. The van der Waals surface area contributed by atoms with Gasteiger partial charge in [0.2, 0.25) is 20.0 Å². The summed E-state index contributed by atoms with van der Waals surface area (Å²) in [5.74, 6) is -1.18. The summed E-state index contributed by atoms with van der Waals surface area (Å²) in [6, 6.07) is 2.39. The first-order valence-electron chi connectivity index (χ1n) is 6.14. The number of sulfonamides is 2. The molecule has 0 aliphatic carbocycles. The van der Waals surface area contributed by atoms with Crippen LogP contribution in [0, 0.1) is 5.82 Å². The van der Waals surface area contributed by atoms with Gasteiger partial charge in [-0.15, -0.1) is 0 Å². The lowest BCUT2D eigenvalue weighted by Crippen LogP contribution is -2.32. The van der Waals surface area contributed by atoms with Crippen LogP contribution in [0.15, 0.2) is 28.0 Å². The fourth-order valence-electron chi connectivity index (χ4n) is 1.96. The Balaban J connectivity index is 2.19. The molecule has 7 nitrogen and oxygen atoms in total. The minimum Gasteiger partial charge on any atom is -0.377 e. The number of benzene rings is 1. The van der Waals surface area contributed by atoms with Crippen LogP contribution < -0.4 is 9.86 Å². The highest BCUT2D eigenvalue weighted by Gasteiger charge is 2.24. The molecule has 0 spiro atoms. The molecule has 0 bridgehead atoms. The van der Waals surface area contributed by atoms with Crippen molar-refractivity contribution >= 4 is 20.0 Å². The zero-order chi connectivity index (χ0) is 15.7. The van der Waals surface area contributed by atoms with Crippen LogP contribution in [0.4, 0.5) is 4.39 Å². The molecule has 0 radical (unpaired) electrons. The average molecular weight is 338 g/mol. The first-order valence-corrected chi connectivity index (χ1v) is 9.17. The first kappa shape index (κ1) is 16.3. The summed E-state index contributed by atoms with van der Waals surface area (Å²) in [5, 5.41) is 4.85. The van der Waals surface area contributed by atoms with Gasteiger partial charge in [-0.3, -0.25) is 0 Å². The van der Waals surface area contributed by atoms with Crippen LogP contribution in [0.2, 0.25) is 0 Å². The molecule has 1 unspecified atom stereocenters. The van der Waals surface area contributed by atoms with Crippen molar-refractivity contribution in [2.75, 3.05) is 13.2 Å². The highest BCUT2D eigenvalue weighted by atomic mass is 32.2. The molecule has 118 valence electrons. The molecule has 0 amide bonds. The maximum atomic E-state index is 13.8. The zero-order valence-electron chi connectivity index (χ0n) is 11.0. The third kappa shape index (κ3) is 3.98. The van der Waals surface area contributed by atoms with E-state index in [-0.39, 0.29) is 12.6 Å². The van der Waals surface area contributed by atoms with Crippen molar-refractivity contribution in [2.45, 2.75) is 28.7 Å². The second kappa shape index (κ2) is 5.97. The van der Waals surface area contributed by atoms with Gasteiger partial charge in [-0.05, 0) is 31.0 Å². The molecule has 1 aromatic rings. The van der Waals surface area contributed by atoms with E-state index in [0.717, 1.165) is 25.0 Å². The minimum absolute atomic E-state index is 0.0404. The summed E-state index contributed by atoms with van der Waals surface area (Å²) in [6.45, 7) is 0.614. The summed E-state index contributed by atoms with van der Waals surface area (Å²) < 4.78 is 67.4. The van der Waals surface area contributed by atoms with E-state index >= 15 is 0 Å². The lowest BCUT2D eigenvalue weighted by Gasteiger charge is -2.12. The second-order valence-electron chi connectivity index (χ2n) is 4.62. The molecule has 1 aliphatic rings. The number of rotatable bonds is 5. The Morgan fingerprint density at radius 1 is 1.33 bits per heavy atom. The molecule has 0 saturated carbocycles. The van der Waals surface area contributed by atoms with Gasteiger partial charge in [-0.25, -0.2) is 31.1 Å². The molecule has 1 saturated heterocycles. The molecule has 0 aromatic heterocycles. The molecule has 21 heavy (non-hydrogen) atoms. The summed E-state index contributed by atoms with van der Waals surface area (Å²) in [6.07, 6.45) is 1.35. The number of hydrogen-bond donors (Lipinski definition) is 2. The van der Waals surface area contributed by atoms with Crippen LogP contribution in [0.3, 0.4) is 0 Å². The minimum atomic E-state index is -4.09. The van der Waals surface area contributed by atoms with Crippen molar-refractivity contribution in [1.29, 1.82) is 0 Å². The molecule has 3 N–H and O–H groups in total. The van der Waals surface area contributed by atoms with Gasteiger partial charge in [0.1, 0.15) is 10.7 Å². The highest BCUT2D eigenvalue weighted by Crippen LogP contribution is 2.19. The van der Waals surface area contributed by atoms with Gasteiger partial charge in [0.05, 0.1) is 11.0 Å². The summed E-state index contributed by atoms with van der Waals surface area (Å²) in [7, 11) is -8.17. The van der Waals surface area contributed by atoms with Gasteiger partial charge < -0.3 is 4.74 Å². The molecule has 1 fully saturated rings. The normalized spacial score (nSPS) is 19.8. The van der Waals surface area contributed by atoms with Gasteiger partial charge in [0.25, 0.3) is 0 Å². The maximum absolute atomic E-state index is 13.8. The standard InChI is InChI=1S/C11H15FN2O5S2/c12-10-6-9(20(13,15)16)3-4-11(10)21(17,18)14-7-8-2-1-5-19-8/h3-4,6,8,14H,1-2,5,7H2,(H2,13,15,16). The number of nitrogens with one attached hydrogen (secondary N) is 1. The SMILES string of the molecule is NS(=O)(=O)c1ccc(S(=O)(=O)NCC2CCCO2)c(F)c1. The third-order valence-corrected chi connectivity index (χ3v) is 5.41. The fraction of sp³-hybridized carbons (Fsp3) is 0.455. The number of hydrogen-bond acceptors (Lipinski definition) is 5. The Labute approximate surface area is 122 Å². The molecule has 1 aromatic carbocycles. The second-order valence-corrected chi connectivity index (χ2v) is 7.92. The summed E-state index contributed by atoms with van der Waals surface area (Å²) in [4.78, 5) is -1.12. The largest absolute Gasteiger partial charge is 0.377 e. The summed E-state index contributed by atoms with van der Waals surface area (Å²) >= 11 is 0. The summed E-state index contributed by atoms with van der Waals surface area (Å²) in [5.41, 5.74) is 0. The maximum Gasteiger partial charge on any atom is 0.243 e. The average Bonchev–Trinajstić information content (AvgIpc) is 2.88. The van der Waals surface area contributed by atoms with E-state index in [1.165, 1.54) is 0 Å². The molecular weight excluding hydrogens is 323 g/mol. The monoisotopic (exact) mass is 338 g/mol. The smallest absolute Gasteiger partial charge is 0.243 e. The first-order chi connectivity index (χ1) is 9.70. The molecule has 1 atom stereocenters. The van der Waals surface area contributed by atoms with Crippen molar-refractivity contribution < 1.29 is 26.0 Å². The molecule has 2 rings (SSSR count). The Morgan fingerprint density at radius 2 is 2.05 bits per heavy atom. The Hall–Kier alpha value is -1.07. The lowest BCUT2D eigenvalue weighted by atomic mass is 10.2. The number of primary sulfonamides is 1. The van der Waals surface area contributed by atoms with Crippen LogP contribution in [0.1, 0.15) is 12.8 Å². The van der Waals surface area contributed by atoms with E-state index in [2.05, 4.69) is 4.72 Å². The van der Waals surface area contributed by atoms with E-state index in [0.29, 0.717) is 12.7 Å². The van der Waals surface area contributed by atoms with Gasteiger partial charge in [0.15, 0.2) is 0 Å². The van der Waals surface area contributed by atoms with E-state index in [1.807, 2.05) is 0 Å². The molecular formula is C11H15FN2O5S2. The van der Waals surface area contributed by atoms with E-state index in [4.69, 9.17) is 9.88 Å². The van der Waals surface area contributed by atoms with Crippen LogP contribution in [-0.4, -0.2) is 36.1 Å². The van der Waals surface area contributed by atoms with Crippen LogP contribution in [0.25, 0.3) is 0 Å². The van der Waals surface area contributed by atoms with E-state index in [1.54, 1.807) is 0 Å². The Bertz CT molecular complexity index is 727. The topological polar surface area (TPSA) is 116 Å². The van der Waals surface area contributed by atoms with E-state index < -0.39 is 35.7 Å². The van der Waals surface area contributed by atoms with Crippen molar-refractivity contribution in [3.63, 3.8) is 0 Å². The molecule has 1 aliphatic heterocycles. The third-order valence-electron chi connectivity index (χ3n) is 3.05. The van der Waals surface area contributed by atoms with Crippen molar-refractivity contribution in [1.82, 2.24) is 4.72 Å². The van der Waals surface area contributed by atoms with Crippen molar-refractivity contribution in [3.05, 3.63) is 24.0 Å². The molecule has 10 heteroatoms. The van der Waals surface area contributed by atoms with Crippen LogP contribution >= 0.6 is 0 Å². The van der Waals surface area contributed by atoms with Crippen molar-refractivity contribution in [3.8, 4) is 0 Å². The lowest BCUT2D eigenvalue weighted by molar-refractivity contribution is 0.114. The van der Waals surface area contributed by atoms with Gasteiger partial charge in [-0.2, -0.15) is 0 Å². The predicted octanol–water partition coefficient (Wildman–Crippen LogP) is -0.0696. The highest BCUT2D eigenvalue weighted by molar-refractivity contribution is 7.89. The fourth-order valence-corrected chi connectivity index (χ4v) is 3.61.